The Morgan fingerprint density at radius 1 is 1.62 bits per heavy atom. The zero-order valence-corrected chi connectivity index (χ0v) is 9.04. The number of hydrogen-bond acceptors (Lipinski definition) is 2. The third-order valence-corrected chi connectivity index (χ3v) is 2.93. The second-order valence-corrected chi connectivity index (χ2v) is 4.46. The molecule has 0 aliphatic rings. The molecule has 0 fully saturated rings. The molecule has 0 aromatic carbocycles. The number of thiophene rings is 1. The van der Waals surface area contributed by atoms with E-state index in [4.69, 9.17) is 11.6 Å². The van der Waals surface area contributed by atoms with Gasteiger partial charge in [-0.25, -0.2) is 0 Å². The highest BCUT2D eigenvalue weighted by Crippen LogP contribution is 2.21. The SMILES string of the molecule is CCC(=O)NCCc1ccc(Cl)s1. The third-order valence-electron chi connectivity index (χ3n) is 1.64. The van der Waals surface area contributed by atoms with Crippen molar-refractivity contribution in [2.24, 2.45) is 0 Å². The molecule has 0 spiro atoms. The molecule has 0 unspecified atom stereocenters. The fourth-order valence-electron chi connectivity index (χ4n) is 0.936. The van der Waals surface area contributed by atoms with Crippen LogP contribution in [-0.4, -0.2) is 12.5 Å². The van der Waals surface area contributed by atoms with Crippen LogP contribution in [0.4, 0.5) is 0 Å². The Kier molecular flexibility index (Phi) is 4.25. The summed E-state index contributed by atoms with van der Waals surface area (Å²) in [6.45, 7) is 2.54. The van der Waals surface area contributed by atoms with Gasteiger partial charge >= 0.3 is 0 Å². The van der Waals surface area contributed by atoms with Crippen molar-refractivity contribution in [3.63, 3.8) is 0 Å². The van der Waals surface area contributed by atoms with Gasteiger partial charge in [0.15, 0.2) is 0 Å². The molecule has 1 aromatic heterocycles. The lowest BCUT2D eigenvalue weighted by Crippen LogP contribution is -2.24. The number of halogens is 1. The fourth-order valence-corrected chi connectivity index (χ4v) is 2.02. The smallest absolute Gasteiger partial charge is 0.219 e. The number of nitrogens with one attached hydrogen (secondary N) is 1. The summed E-state index contributed by atoms with van der Waals surface area (Å²) in [5.74, 6) is 0.0997. The Balaban J connectivity index is 2.24. The van der Waals surface area contributed by atoms with E-state index in [1.807, 2.05) is 19.1 Å². The Morgan fingerprint density at radius 2 is 2.38 bits per heavy atom. The summed E-state index contributed by atoms with van der Waals surface area (Å²) in [6.07, 6.45) is 1.41. The van der Waals surface area contributed by atoms with E-state index in [0.29, 0.717) is 13.0 Å². The van der Waals surface area contributed by atoms with E-state index >= 15 is 0 Å². The summed E-state index contributed by atoms with van der Waals surface area (Å²) in [7, 11) is 0. The standard InChI is InChI=1S/C9H12ClNOS/c1-2-9(12)11-6-5-7-3-4-8(10)13-7/h3-4H,2,5-6H2,1H3,(H,11,12). The van der Waals surface area contributed by atoms with Crippen molar-refractivity contribution >= 4 is 28.8 Å². The molecular formula is C9H12ClNOS. The van der Waals surface area contributed by atoms with E-state index in [0.717, 1.165) is 10.8 Å². The van der Waals surface area contributed by atoms with Crippen LogP contribution >= 0.6 is 22.9 Å². The van der Waals surface area contributed by atoms with Gasteiger partial charge in [-0.15, -0.1) is 11.3 Å². The predicted octanol–water partition coefficient (Wildman–Crippen LogP) is 2.47. The van der Waals surface area contributed by atoms with Gasteiger partial charge in [0.25, 0.3) is 0 Å². The molecule has 0 bridgehead atoms. The lowest BCUT2D eigenvalue weighted by molar-refractivity contribution is -0.120. The first-order valence-electron chi connectivity index (χ1n) is 4.23. The summed E-state index contributed by atoms with van der Waals surface area (Å²) in [5, 5.41) is 2.81. The van der Waals surface area contributed by atoms with Crippen LogP contribution in [0.25, 0.3) is 0 Å². The molecule has 1 rings (SSSR count). The minimum absolute atomic E-state index is 0.0997. The van der Waals surface area contributed by atoms with Crippen molar-refractivity contribution in [2.75, 3.05) is 6.54 Å². The summed E-state index contributed by atoms with van der Waals surface area (Å²) < 4.78 is 0.803. The van der Waals surface area contributed by atoms with Gasteiger partial charge in [-0.3, -0.25) is 4.79 Å². The first-order valence-corrected chi connectivity index (χ1v) is 5.42. The molecule has 0 radical (unpaired) electrons. The van der Waals surface area contributed by atoms with Crippen LogP contribution < -0.4 is 5.32 Å². The van der Waals surface area contributed by atoms with Gasteiger partial charge in [0.05, 0.1) is 4.34 Å². The molecule has 0 saturated carbocycles. The zero-order chi connectivity index (χ0) is 9.68. The van der Waals surface area contributed by atoms with Crippen LogP contribution in [0.2, 0.25) is 4.34 Å². The monoisotopic (exact) mass is 217 g/mol. The minimum atomic E-state index is 0.0997. The van der Waals surface area contributed by atoms with Gasteiger partial charge in [-0.1, -0.05) is 18.5 Å². The highest BCUT2D eigenvalue weighted by atomic mass is 35.5. The second-order valence-electron chi connectivity index (χ2n) is 2.66. The zero-order valence-electron chi connectivity index (χ0n) is 7.47. The average Bonchev–Trinajstić information content (AvgIpc) is 2.51. The van der Waals surface area contributed by atoms with Gasteiger partial charge in [-0.05, 0) is 18.6 Å². The molecular weight excluding hydrogens is 206 g/mol. The van der Waals surface area contributed by atoms with E-state index in [9.17, 15) is 4.79 Å². The third kappa shape index (κ3) is 3.79. The molecule has 13 heavy (non-hydrogen) atoms. The Labute approximate surface area is 86.9 Å². The molecule has 1 aromatic rings. The maximum atomic E-state index is 10.9. The molecule has 0 aliphatic carbocycles. The van der Waals surface area contributed by atoms with Gasteiger partial charge in [-0.2, -0.15) is 0 Å². The molecule has 1 N–H and O–H groups in total. The molecule has 0 aliphatic heterocycles. The lowest BCUT2D eigenvalue weighted by Gasteiger charge is -2.00. The van der Waals surface area contributed by atoms with Crippen LogP contribution in [0.1, 0.15) is 18.2 Å². The number of carbonyl (C=O) groups is 1. The van der Waals surface area contributed by atoms with Crippen molar-refractivity contribution in [3.8, 4) is 0 Å². The Hall–Kier alpha value is -0.540. The molecule has 1 amide bonds. The summed E-state index contributed by atoms with van der Waals surface area (Å²) in [6, 6.07) is 3.87. The normalized spacial score (nSPS) is 10.0. The number of carbonyl (C=O) groups excluding carboxylic acids is 1. The van der Waals surface area contributed by atoms with Crippen molar-refractivity contribution in [1.29, 1.82) is 0 Å². The van der Waals surface area contributed by atoms with E-state index in [1.165, 1.54) is 4.88 Å². The number of amides is 1. The second kappa shape index (κ2) is 5.25. The fraction of sp³-hybridized carbons (Fsp3) is 0.444. The van der Waals surface area contributed by atoms with Crippen LogP contribution in [-0.2, 0) is 11.2 Å². The van der Waals surface area contributed by atoms with Crippen LogP contribution in [0.3, 0.4) is 0 Å². The number of rotatable bonds is 4. The first kappa shape index (κ1) is 10.5. The number of hydrogen-bond donors (Lipinski definition) is 1. The van der Waals surface area contributed by atoms with Crippen molar-refractivity contribution in [1.82, 2.24) is 5.32 Å². The van der Waals surface area contributed by atoms with Crippen LogP contribution in [0, 0.1) is 0 Å². The molecule has 1 heterocycles. The van der Waals surface area contributed by atoms with Gasteiger partial charge in [0.2, 0.25) is 5.91 Å². The van der Waals surface area contributed by atoms with Crippen LogP contribution in [0.5, 0.6) is 0 Å². The van der Waals surface area contributed by atoms with E-state index < -0.39 is 0 Å². The van der Waals surface area contributed by atoms with Gasteiger partial charge in [0.1, 0.15) is 0 Å². The Bertz CT molecular complexity index is 285. The Morgan fingerprint density at radius 3 is 2.92 bits per heavy atom. The van der Waals surface area contributed by atoms with E-state index in [2.05, 4.69) is 5.32 Å². The van der Waals surface area contributed by atoms with E-state index in [-0.39, 0.29) is 5.91 Å². The molecule has 72 valence electrons. The first-order chi connectivity index (χ1) is 6.22. The summed E-state index contributed by atoms with van der Waals surface area (Å²) >= 11 is 7.32. The summed E-state index contributed by atoms with van der Waals surface area (Å²) in [5.41, 5.74) is 0. The maximum absolute atomic E-state index is 10.9. The molecule has 4 heteroatoms. The van der Waals surface area contributed by atoms with Crippen molar-refractivity contribution < 1.29 is 4.79 Å². The minimum Gasteiger partial charge on any atom is -0.356 e. The predicted molar refractivity (Wildman–Crippen MR) is 56.3 cm³/mol. The molecule has 0 atom stereocenters. The summed E-state index contributed by atoms with van der Waals surface area (Å²) in [4.78, 5) is 12.1. The lowest BCUT2D eigenvalue weighted by atomic mass is 10.3. The topological polar surface area (TPSA) is 29.1 Å². The largest absolute Gasteiger partial charge is 0.356 e. The van der Waals surface area contributed by atoms with Gasteiger partial charge in [0, 0.05) is 17.8 Å². The highest BCUT2D eigenvalue weighted by molar-refractivity contribution is 7.16. The molecule has 0 saturated heterocycles. The highest BCUT2D eigenvalue weighted by Gasteiger charge is 1.99. The van der Waals surface area contributed by atoms with Crippen molar-refractivity contribution in [2.45, 2.75) is 19.8 Å². The maximum Gasteiger partial charge on any atom is 0.219 e. The molecule has 2 nitrogen and oxygen atoms in total. The van der Waals surface area contributed by atoms with Gasteiger partial charge < -0.3 is 5.32 Å². The van der Waals surface area contributed by atoms with Crippen molar-refractivity contribution in [3.05, 3.63) is 21.3 Å². The van der Waals surface area contributed by atoms with Crippen LogP contribution in [0.15, 0.2) is 12.1 Å². The quantitative estimate of drug-likeness (QED) is 0.825. The average molecular weight is 218 g/mol. The van der Waals surface area contributed by atoms with E-state index in [1.54, 1.807) is 11.3 Å².